The predicted molar refractivity (Wildman–Crippen MR) is 66.9 cm³/mol. The van der Waals surface area contributed by atoms with Gasteiger partial charge in [0.2, 0.25) is 0 Å². The first-order valence-corrected chi connectivity index (χ1v) is 6.82. The van der Waals surface area contributed by atoms with E-state index in [2.05, 4.69) is 0 Å². The van der Waals surface area contributed by atoms with Crippen LogP contribution in [0.4, 0.5) is 0 Å². The second-order valence-corrected chi connectivity index (χ2v) is 5.27. The molecular weight excluding hydrogens is 304 g/mol. The van der Waals surface area contributed by atoms with E-state index in [1.807, 2.05) is 0 Å². The number of hydrogen-bond donors (Lipinski definition) is 7. The number of ether oxygens (including phenoxy) is 3. The fraction of sp³-hybridized carbons (Fsp3) is 0.917. The van der Waals surface area contributed by atoms with E-state index in [0.29, 0.717) is 0 Å². The summed E-state index contributed by atoms with van der Waals surface area (Å²) in [6.07, 6.45) is -12.6. The fourth-order valence-electron chi connectivity index (χ4n) is 2.40. The van der Waals surface area contributed by atoms with Crippen molar-refractivity contribution in [2.75, 3.05) is 13.2 Å². The Morgan fingerprint density at radius 2 is 1.45 bits per heavy atom. The maximum Gasteiger partial charge on any atom is 0.187 e. The summed E-state index contributed by atoms with van der Waals surface area (Å²) in [7, 11) is 0. The summed E-state index contributed by atoms with van der Waals surface area (Å²) in [5.41, 5.74) is 0. The summed E-state index contributed by atoms with van der Waals surface area (Å²) in [5, 5.41) is 67.0. The topological polar surface area (TPSA) is 169 Å². The van der Waals surface area contributed by atoms with Crippen molar-refractivity contribution in [2.45, 2.75) is 55.1 Å². The summed E-state index contributed by atoms with van der Waals surface area (Å²) < 4.78 is 15.3. The quantitative estimate of drug-likeness (QED) is 0.267. The summed E-state index contributed by atoms with van der Waals surface area (Å²) >= 11 is 0. The minimum atomic E-state index is -1.66. The van der Waals surface area contributed by atoms with Gasteiger partial charge in [0.05, 0.1) is 13.2 Å². The summed E-state index contributed by atoms with van der Waals surface area (Å²) in [5.74, 6) is 0. The monoisotopic (exact) mass is 325 g/mol. The van der Waals surface area contributed by atoms with Crippen LogP contribution in [0.1, 0.15) is 0 Å². The highest BCUT2D eigenvalue weighted by atomic mass is 16.7. The molecule has 0 amide bonds. The van der Waals surface area contributed by atoms with Gasteiger partial charge in [-0.05, 0) is 0 Å². The minimum Gasteiger partial charge on any atom is -0.394 e. The Morgan fingerprint density at radius 1 is 0.818 bits per heavy atom. The van der Waals surface area contributed by atoms with Crippen LogP contribution in [0.3, 0.4) is 0 Å². The highest BCUT2D eigenvalue weighted by molar-refractivity contribution is 4.95. The van der Waals surface area contributed by atoms with E-state index >= 15 is 0 Å². The lowest BCUT2D eigenvalue weighted by Gasteiger charge is -2.43. The molecule has 2 fully saturated rings. The molecule has 2 saturated heterocycles. The minimum absolute atomic E-state index is 0.529. The Hall–Kier alpha value is -0.400. The van der Waals surface area contributed by atoms with Crippen LogP contribution in [0.15, 0.2) is 0 Å². The van der Waals surface area contributed by atoms with E-state index in [0.717, 1.165) is 6.61 Å². The van der Waals surface area contributed by atoms with Crippen molar-refractivity contribution < 1.29 is 50.0 Å². The van der Waals surface area contributed by atoms with Crippen molar-refractivity contribution in [1.29, 1.82) is 0 Å². The van der Waals surface area contributed by atoms with Crippen molar-refractivity contribution in [2.24, 2.45) is 0 Å². The van der Waals surface area contributed by atoms with Gasteiger partial charge in [-0.2, -0.15) is 0 Å². The zero-order valence-corrected chi connectivity index (χ0v) is 11.5. The second kappa shape index (κ2) is 7.45. The molecule has 0 saturated carbocycles. The van der Waals surface area contributed by atoms with Gasteiger partial charge >= 0.3 is 0 Å². The average molecular weight is 325 g/mol. The first-order valence-electron chi connectivity index (χ1n) is 6.82. The Labute approximate surface area is 126 Å². The normalized spacial score (nSPS) is 50.0. The van der Waals surface area contributed by atoms with Crippen molar-refractivity contribution >= 4 is 0 Å². The van der Waals surface area contributed by atoms with Gasteiger partial charge in [-0.3, -0.25) is 0 Å². The predicted octanol–water partition coefficient (Wildman–Crippen LogP) is -4.55. The van der Waals surface area contributed by atoms with Crippen molar-refractivity contribution in [3.8, 4) is 0 Å². The summed E-state index contributed by atoms with van der Waals surface area (Å²) in [6.45, 7) is -0.198. The third-order valence-electron chi connectivity index (χ3n) is 3.77. The van der Waals surface area contributed by atoms with Gasteiger partial charge in [0, 0.05) is 0 Å². The van der Waals surface area contributed by atoms with Gasteiger partial charge in [0.15, 0.2) is 6.29 Å². The van der Waals surface area contributed by atoms with Crippen molar-refractivity contribution in [1.82, 2.24) is 0 Å². The number of rotatable bonds is 4. The lowest BCUT2D eigenvalue weighted by atomic mass is 9.97. The SMILES string of the molecule is OC[C@H]1O[C@@H](O[C@H]2[C@H](O)[C@@H](CO)O[CH][C@@H]2O)[C@H](O)[C@@H](O)[C@@H]1O. The van der Waals surface area contributed by atoms with Crippen LogP contribution in [-0.4, -0.2) is 104 Å². The van der Waals surface area contributed by atoms with E-state index in [1.165, 1.54) is 0 Å². The van der Waals surface area contributed by atoms with Gasteiger partial charge in [0.25, 0.3) is 0 Å². The van der Waals surface area contributed by atoms with E-state index in [9.17, 15) is 25.5 Å². The van der Waals surface area contributed by atoms with Gasteiger partial charge in [-0.25, -0.2) is 0 Å². The highest BCUT2D eigenvalue weighted by Crippen LogP contribution is 2.27. The summed E-state index contributed by atoms with van der Waals surface area (Å²) in [6, 6.07) is 0. The largest absolute Gasteiger partial charge is 0.394 e. The number of aliphatic hydroxyl groups is 7. The molecule has 0 aromatic carbocycles. The van der Waals surface area contributed by atoms with Crippen LogP contribution in [0.5, 0.6) is 0 Å². The molecule has 0 bridgehead atoms. The van der Waals surface area contributed by atoms with E-state index in [4.69, 9.17) is 24.4 Å². The molecule has 10 nitrogen and oxygen atoms in total. The Morgan fingerprint density at radius 3 is 2.05 bits per heavy atom. The molecule has 2 aliphatic heterocycles. The molecule has 1 radical (unpaired) electrons. The van der Waals surface area contributed by atoms with Crippen molar-refractivity contribution in [3.63, 3.8) is 0 Å². The molecule has 10 heteroatoms. The lowest BCUT2D eigenvalue weighted by Crippen LogP contribution is -2.62. The molecule has 9 atom stereocenters. The zero-order valence-electron chi connectivity index (χ0n) is 11.5. The van der Waals surface area contributed by atoms with Gasteiger partial charge < -0.3 is 50.0 Å². The summed E-state index contributed by atoms with van der Waals surface area (Å²) in [4.78, 5) is 0. The van der Waals surface area contributed by atoms with Gasteiger partial charge in [-0.15, -0.1) is 0 Å². The van der Waals surface area contributed by atoms with Crippen LogP contribution in [-0.2, 0) is 14.2 Å². The molecule has 0 unspecified atom stereocenters. The molecule has 0 aliphatic carbocycles. The molecule has 2 rings (SSSR count). The smallest absolute Gasteiger partial charge is 0.187 e. The first kappa shape index (κ1) is 17.9. The lowest BCUT2D eigenvalue weighted by molar-refractivity contribution is -0.332. The zero-order chi connectivity index (χ0) is 16.4. The third kappa shape index (κ3) is 3.41. The van der Waals surface area contributed by atoms with Crippen LogP contribution in [0, 0.1) is 6.61 Å². The maximum atomic E-state index is 9.97. The Kier molecular flexibility index (Phi) is 6.07. The van der Waals surface area contributed by atoms with Crippen LogP contribution in [0.25, 0.3) is 0 Å². The fourth-order valence-corrected chi connectivity index (χ4v) is 2.40. The first-order chi connectivity index (χ1) is 10.4. The molecular formula is C12H21O10. The van der Waals surface area contributed by atoms with Crippen LogP contribution in [0.2, 0.25) is 0 Å². The number of aliphatic hydroxyl groups excluding tert-OH is 7. The van der Waals surface area contributed by atoms with E-state index in [-0.39, 0.29) is 0 Å². The Bertz CT molecular complexity index is 353. The number of hydrogen-bond acceptors (Lipinski definition) is 10. The second-order valence-electron chi connectivity index (χ2n) is 5.27. The average Bonchev–Trinajstić information content (AvgIpc) is 2.51. The van der Waals surface area contributed by atoms with Gasteiger partial charge in [0.1, 0.15) is 55.4 Å². The molecule has 129 valence electrons. The molecule has 22 heavy (non-hydrogen) atoms. The standard InChI is InChI=1S/C12H21O10/c13-1-5-8(17)11(4(15)3-20-5)22-12-10(19)9(18)7(16)6(2-14)21-12/h3-19H,1-2H2/t4-,5+,6+,7+,8+,9-,10+,11+,12-/m0/s1. The molecule has 0 spiro atoms. The van der Waals surface area contributed by atoms with Crippen molar-refractivity contribution in [3.05, 3.63) is 6.61 Å². The molecule has 7 N–H and O–H groups in total. The Balaban J connectivity index is 2.07. The van der Waals surface area contributed by atoms with E-state index < -0.39 is 68.3 Å². The molecule has 2 aliphatic rings. The molecule has 0 aromatic heterocycles. The van der Waals surface area contributed by atoms with Crippen LogP contribution < -0.4 is 0 Å². The third-order valence-corrected chi connectivity index (χ3v) is 3.77. The highest BCUT2D eigenvalue weighted by Gasteiger charge is 2.48. The maximum absolute atomic E-state index is 9.97. The van der Waals surface area contributed by atoms with Crippen LogP contribution >= 0.6 is 0 Å². The van der Waals surface area contributed by atoms with E-state index in [1.54, 1.807) is 0 Å². The molecule has 0 aromatic rings. The molecule has 2 heterocycles. The van der Waals surface area contributed by atoms with Gasteiger partial charge in [-0.1, -0.05) is 0 Å².